The monoisotopic (exact) mass is 245 g/mol. The highest BCUT2D eigenvalue weighted by molar-refractivity contribution is 5.94. The number of pyridine rings is 1. The largest absolute Gasteiger partial charge is 0.405 e. The lowest BCUT2D eigenvalue weighted by Crippen LogP contribution is -2.33. The van der Waals surface area contributed by atoms with Crippen LogP contribution in [0, 0.1) is 0 Å². The average molecular weight is 245 g/mol. The topological polar surface area (TPSA) is 72.2 Å². The maximum atomic E-state index is 11.9. The van der Waals surface area contributed by atoms with Gasteiger partial charge < -0.3 is 5.32 Å². The molecule has 2 aromatic rings. The summed E-state index contributed by atoms with van der Waals surface area (Å²) in [5, 5.41) is 12.2. The molecule has 0 aliphatic rings. The minimum Gasteiger partial charge on any atom is -0.343 e. The number of alkyl halides is 3. The number of carbonyl (C=O) groups excluding carboxylic acids is 1. The summed E-state index contributed by atoms with van der Waals surface area (Å²) in [5.74, 6) is -0.834. The van der Waals surface area contributed by atoms with Gasteiger partial charge in [0.15, 0.2) is 5.65 Å². The van der Waals surface area contributed by atoms with Crippen molar-refractivity contribution in [1.82, 2.24) is 25.4 Å². The van der Waals surface area contributed by atoms with Crippen molar-refractivity contribution >= 4 is 11.6 Å². The van der Waals surface area contributed by atoms with Crippen molar-refractivity contribution in [2.75, 3.05) is 6.54 Å². The van der Waals surface area contributed by atoms with Gasteiger partial charge in [0.2, 0.25) is 0 Å². The summed E-state index contributed by atoms with van der Waals surface area (Å²) in [5.41, 5.74) is 0.450. The van der Waals surface area contributed by atoms with Crippen LogP contribution >= 0.6 is 0 Å². The van der Waals surface area contributed by atoms with E-state index in [1.807, 2.05) is 0 Å². The first-order valence-electron chi connectivity index (χ1n) is 4.48. The summed E-state index contributed by atoms with van der Waals surface area (Å²) in [6.07, 6.45) is -3.18. The SMILES string of the molecule is O=C(NCC(F)(F)F)c1ccc2nnnn2c1. The molecule has 2 rings (SSSR count). The van der Waals surface area contributed by atoms with Crippen molar-refractivity contribution in [3.63, 3.8) is 0 Å². The Morgan fingerprint density at radius 2 is 2.18 bits per heavy atom. The van der Waals surface area contributed by atoms with Crippen molar-refractivity contribution in [1.29, 1.82) is 0 Å². The van der Waals surface area contributed by atoms with Crippen LogP contribution < -0.4 is 5.32 Å². The Hall–Kier alpha value is -2.19. The third kappa shape index (κ3) is 2.68. The van der Waals surface area contributed by atoms with Gasteiger partial charge in [-0.2, -0.15) is 17.7 Å². The minimum atomic E-state index is -4.44. The number of rotatable bonds is 2. The van der Waals surface area contributed by atoms with Crippen LogP contribution in [0.25, 0.3) is 5.65 Å². The number of carbonyl (C=O) groups is 1. The smallest absolute Gasteiger partial charge is 0.343 e. The second-order valence-corrected chi connectivity index (χ2v) is 3.20. The number of aromatic nitrogens is 4. The van der Waals surface area contributed by atoms with Crippen molar-refractivity contribution in [2.24, 2.45) is 0 Å². The van der Waals surface area contributed by atoms with Crippen molar-refractivity contribution in [3.05, 3.63) is 23.9 Å². The molecule has 0 spiro atoms. The van der Waals surface area contributed by atoms with Crippen LogP contribution in [0.4, 0.5) is 13.2 Å². The zero-order valence-electron chi connectivity index (χ0n) is 8.27. The molecular weight excluding hydrogens is 239 g/mol. The summed E-state index contributed by atoms with van der Waals surface area (Å²) in [7, 11) is 0. The van der Waals surface area contributed by atoms with Gasteiger partial charge in [0.1, 0.15) is 6.54 Å². The molecule has 0 atom stereocenters. The lowest BCUT2D eigenvalue weighted by atomic mass is 10.2. The fraction of sp³-hybridized carbons (Fsp3) is 0.250. The molecule has 6 nitrogen and oxygen atoms in total. The summed E-state index contributed by atoms with van der Waals surface area (Å²) in [6, 6.07) is 2.78. The number of nitrogens with zero attached hydrogens (tertiary/aromatic N) is 4. The fourth-order valence-corrected chi connectivity index (χ4v) is 1.16. The molecule has 0 radical (unpaired) electrons. The molecule has 90 valence electrons. The zero-order valence-corrected chi connectivity index (χ0v) is 8.27. The average Bonchev–Trinajstić information content (AvgIpc) is 2.71. The molecule has 2 aromatic heterocycles. The third-order valence-corrected chi connectivity index (χ3v) is 1.90. The lowest BCUT2D eigenvalue weighted by molar-refractivity contribution is -0.123. The molecule has 0 aliphatic heterocycles. The first-order valence-corrected chi connectivity index (χ1v) is 4.48. The maximum Gasteiger partial charge on any atom is 0.405 e. The van der Waals surface area contributed by atoms with E-state index in [0.29, 0.717) is 5.65 Å². The Morgan fingerprint density at radius 3 is 2.88 bits per heavy atom. The Bertz CT molecular complexity index is 549. The highest BCUT2D eigenvalue weighted by atomic mass is 19.4. The minimum absolute atomic E-state index is 0.0500. The maximum absolute atomic E-state index is 11.9. The van der Waals surface area contributed by atoms with Gasteiger partial charge in [0.05, 0.1) is 5.56 Å². The Balaban J connectivity index is 2.13. The first-order chi connectivity index (χ1) is 7.96. The van der Waals surface area contributed by atoms with E-state index in [2.05, 4.69) is 15.5 Å². The number of nitrogens with one attached hydrogen (secondary N) is 1. The van der Waals surface area contributed by atoms with Crippen molar-refractivity contribution < 1.29 is 18.0 Å². The molecule has 1 N–H and O–H groups in total. The van der Waals surface area contributed by atoms with Gasteiger partial charge in [-0.15, -0.1) is 5.10 Å². The number of halogens is 3. The third-order valence-electron chi connectivity index (χ3n) is 1.90. The molecule has 0 aliphatic carbocycles. The van der Waals surface area contributed by atoms with E-state index >= 15 is 0 Å². The van der Waals surface area contributed by atoms with Gasteiger partial charge in [-0.05, 0) is 22.6 Å². The van der Waals surface area contributed by atoms with Crippen LogP contribution in [-0.2, 0) is 0 Å². The molecule has 0 fully saturated rings. The van der Waals surface area contributed by atoms with E-state index in [1.54, 1.807) is 5.32 Å². The number of hydrogen-bond acceptors (Lipinski definition) is 4. The Morgan fingerprint density at radius 1 is 1.41 bits per heavy atom. The van der Waals surface area contributed by atoms with E-state index < -0.39 is 18.6 Å². The van der Waals surface area contributed by atoms with E-state index in [-0.39, 0.29) is 5.56 Å². The molecule has 2 heterocycles. The molecular formula is C8H6F3N5O. The fourth-order valence-electron chi connectivity index (χ4n) is 1.16. The number of fused-ring (bicyclic) bond motifs is 1. The van der Waals surface area contributed by atoms with E-state index in [4.69, 9.17) is 0 Å². The molecule has 1 amide bonds. The second kappa shape index (κ2) is 4.00. The number of amides is 1. The van der Waals surface area contributed by atoms with E-state index in [0.717, 1.165) is 0 Å². The van der Waals surface area contributed by atoms with Gasteiger partial charge in [-0.1, -0.05) is 0 Å². The van der Waals surface area contributed by atoms with E-state index in [9.17, 15) is 18.0 Å². The molecule has 0 saturated heterocycles. The van der Waals surface area contributed by atoms with E-state index in [1.165, 1.54) is 22.8 Å². The zero-order chi connectivity index (χ0) is 12.5. The van der Waals surface area contributed by atoms with Gasteiger partial charge in [0, 0.05) is 6.20 Å². The van der Waals surface area contributed by atoms with Crippen LogP contribution in [0.2, 0.25) is 0 Å². The summed E-state index contributed by atoms with van der Waals surface area (Å²) < 4.78 is 36.8. The lowest BCUT2D eigenvalue weighted by Gasteiger charge is -2.07. The van der Waals surface area contributed by atoms with Gasteiger partial charge in [-0.3, -0.25) is 4.79 Å². The van der Waals surface area contributed by atoms with Gasteiger partial charge in [0.25, 0.3) is 5.91 Å². The van der Waals surface area contributed by atoms with Crippen LogP contribution in [-0.4, -0.2) is 38.7 Å². The molecule has 9 heteroatoms. The van der Waals surface area contributed by atoms with Crippen LogP contribution in [0.15, 0.2) is 18.3 Å². The summed E-state index contributed by atoms with van der Waals surface area (Å²) in [6.45, 7) is -1.38. The predicted molar refractivity (Wildman–Crippen MR) is 49.2 cm³/mol. The molecule has 0 bridgehead atoms. The summed E-state index contributed by atoms with van der Waals surface area (Å²) >= 11 is 0. The highest BCUT2D eigenvalue weighted by Crippen LogP contribution is 2.12. The molecule has 0 aromatic carbocycles. The Labute approximate surface area is 92.4 Å². The Kier molecular flexibility index (Phi) is 2.66. The number of tetrazole rings is 1. The predicted octanol–water partition coefficient (Wildman–Crippen LogP) is 0.416. The van der Waals surface area contributed by atoms with Gasteiger partial charge in [-0.25, -0.2) is 0 Å². The number of hydrogen-bond donors (Lipinski definition) is 1. The van der Waals surface area contributed by atoms with Crippen LogP contribution in [0.3, 0.4) is 0 Å². The van der Waals surface area contributed by atoms with Gasteiger partial charge >= 0.3 is 6.18 Å². The molecule has 0 saturated carbocycles. The first kappa shape index (κ1) is 11.3. The standard InChI is InChI=1S/C8H6F3N5O/c9-8(10,11)4-12-7(17)5-1-2-6-13-14-15-16(6)3-5/h1-3H,4H2,(H,12,17). The quantitative estimate of drug-likeness (QED) is 0.832. The molecule has 17 heavy (non-hydrogen) atoms. The molecule has 0 unspecified atom stereocenters. The van der Waals surface area contributed by atoms with Crippen molar-refractivity contribution in [3.8, 4) is 0 Å². The summed E-state index contributed by atoms with van der Waals surface area (Å²) in [4.78, 5) is 11.4. The van der Waals surface area contributed by atoms with Crippen LogP contribution in [0.1, 0.15) is 10.4 Å². The van der Waals surface area contributed by atoms with Crippen molar-refractivity contribution in [2.45, 2.75) is 6.18 Å². The normalized spacial score (nSPS) is 11.7. The second-order valence-electron chi connectivity index (χ2n) is 3.20. The van der Waals surface area contributed by atoms with Crippen LogP contribution in [0.5, 0.6) is 0 Å². The highest BCUT2D eigenvalue weighted by Gasteiger charge is 2.27.